The third-order valence-electron chi connectivity index (χ3n) is 3.28. The second-order valence-electron chi connectivity index (χ2n) is 4.66. The van der Waals surface area contributed by atoms with Crippen molar-refractivity contribution < 1.29 is 13.2 Å². The maximum Gasteiger partial charge on any atom is 0.178 e. The first kappa shape index (κ1) is 14.8. The Labute approximate surface area is 122 Å². The van der Waals surface area contributed by atoms with Crippen LogP contribution in [0.4, 0.5) is 5.69 Å². The fourth-order valence-corrected chi connectivity index (χ4v) is 3.57. The molecular weight excluding hydrogens is 330 g/mol. The second kappa shape index (κ2) is 6.24. The minimum absolute atomic E-state index is 0.117. The first-order valence-corrected chi connectivity index (χ1v) is 8.81. The molecule has 19 heavy (non-hydrogen) atoms. The topological polar surface area (TPSA) is 55.4 Å². The molecule has 0 aliphatic carbocycles. The van der Waals surface area contributed by atoms with Crippen LogP contribution < -0.4 is 5.32 Å². The number of hydrogen-bond acceptors (Lipinski definition) is 4. The van der Waals surface area contributed by atoms with Gasteiger partial charge in [-0.1, -0.05) is 6.92 Å². The predicted octanol–water partition coefficient (Wildman–Crippen LogP) is 2.69. The van der Waals surface area contributed by atoms with Crippen molar-refractivity contribution in [2.24, 2.45) is 5.92 Å². The zero-order chi connectivity index (χ0) is 13.9. The van der Waals surface area contributed by atoms with Crippen LogP contribution in [-0.2, 0) is 14.6 Å². The summed E-state index contributed by atoms with van der Waals surface area (Å²) in [7, 11) is -3.15. The van der Waals surface area contributed by atoms with Crippen LogP contribution in [0.15, 0.2) is 27.6 Å². The summed E-state index contributed by atoms with van der Waals surface area (Å²) < 4.78 is 29.6. The van der Waals surface area contributed by atoms with E-state index in [9.17, 15) is 8.42 Å². The Hall–Kier alpha value is -0.590. The number of hydrogen-bond donors (Lipinski definition) is 1. The second-order valence-corrected chi connectivity index (χ2v) is 7.79. The molecule has 0 spiro atoms. The smallest absolute Gasteiger partial charge is 0.178 e. The van der Waals surface area contributed by atoms with Gasteiger partial charge < -0.3 is 10.1 Å². The van der Waals surface area contributed by atoms with Gasteiger partial charge in [-0.25, -0.2) is 8.42 Å². The molecule has 1 N–H and O–H groups in total. The van der Waals surface area contributed by atoms with Gasteiger partial charge in [-0.15, -0.1) is 0 Å². The van der Waals surface area contributed by atoms with Crippen molar-refractivity contribution >= 4 is 31.5 Å². The number of halogens is 1. The van der Waals surface area contributed by atoms with Gasteiger partial charge in [0.25, 0.3) is 0 Å². The van der Waals surface area contributed by atoms with E-state index in [4.69, 9.17) is 4.74 Å². The van der Waals surface area contributed by atoms with Crippen molar-refractivity contribution in [2.75, 3.05) is 30.8 Å². The number of sulfone groups is 1. The summed E-state index contributed by atoms with van der Waals surface area (Å²) >= 11 is 3.42. The van der Waals surface area contributed by atoms with E-state index >= 15 is 0 Å². The van der Waals surface area contributed by atoms with E-state index in [0.717, 1.165) is 36.3 Å². The summed E-state index contributed by atoms with van der Waals surface area (Å²) in [5.41, 5.74) is 0.918. The van der Waals surface area contributed by atoms with E-state index in [1.165, 1.54) is 0 Å². The van der Waals surface area contributed by atoms with Gasteiger partial charge in [-0.05, 0) is 40.5 Å². The Morgan fingerprint density at radius 1 is 1.47 bits per heavy atom. The Morgan fingerprint density at radius 3 is 2.84 bits per heavy atom. The molecule has 0 amide bonds. The molecule has 1 saturated heterocycles. The maximum absolute atomic E-state index is 11.8. The van der Waals surface area contributed by atoms with E-state index < -0.39 is 9.84 Å². The van der Waals surface area contributed by atoms with Crippen molar-refractivity contribution in [3.8, 4) is 0 Å². The van der Waals surface area contributed by atoms with Gasteiger partial charge in [0, 0.05) is 29.2 Å². The number of anilines is 1. The molecule has 0 aromatic heterocycles. The highest BCUT2D eigenvalue weighted by Crippen LogP contribution is 2.27. The molecule has 0 bridgehead atoms. The van der Waals surface area contributed by atoms with Crippen LogP contribution in [0.3, 0.4) is 0 Å². The molecule has 2 rings (SSSR count). The minimum atomic E-state index is -3.15. The Balaban J connectivity index is 2.06. The number of ether oxygens (including phenoxy) is 1. The van der Waals surface area contributed by atoms with Gasteiger partial charge in [-0.3, -0.25) is 0 Å². The van der Waals surface area contributed by atoms with Crippen molar-refractivity contribution in [3.05, 3.63) is 22.7 Å². The molecule has 1 unspecified atom stereocenters. The molecule has 1 aromatic carbocycles. The fraction of sp³-hybridized carbons (Fsp3) is 0.538. The molecule has 1 heterocycles. The molecule has 1 aromatic rings. The highest BCUT2D eigenvalue weighted by atomic mass is 79.9. The molecule has 1 aliphatic heterocycles. The van der Waals surface area contributed by atoms with Gasteiger partial charge in [0.1, 0.15) is 0 Å². The molecule has 1 fully saturated rings. The quantitative estimate of drug-likeness (QED) is 0.889. The Bertz CT molecular complexity index is 539. The van der Waals surface area contributed by atoms with Crippen molar-refractivity contribution in [3.63, 3.8) is 0 Å². The molecule has 0 saturated carbocycles. The van der Waals surface area contributed by atoms with E-state index in [1.807, 2.05) is 6.07 Å². The highest BCUT2D eigenvalue weighted by Gasteiger charge is 2.16. The highest BCUT2D eigenvalue weighted by molar-refractivity contribution is 9.10. The normalized spacial score (nSPS) is 19.6. The van der Waals surface area contributed by atoms with Gasteiger partial charge in [0.2, 0.25) is 0 Å². The van der Waals surface area contributed by atoms with Crippen molar-refractivity contribution in [1.29, 1.82) is 0 Å². The molecule has 1 atom stereocenters. The van der Waals surface area contributed by atoms with Crippen LogP contribution in [0.1, 0.15) is 13.3 Å². The predicted molar refractivity (Wildman–Crippen MR) is 79.3 cm³/mol. The summed E-state index contributed by atoms with van der Waals surface area (Å²) in [6, 6.07) is 5.12. The first-order valence-electron chi connectivity index (χ1n) is 6.37. The number of nitrogens with one attached hydrogen (secondary N) is 1. The minimum Gasteiger partial charge on any atom is -0.384 e. The molecule has 4 nitrogen and oxygen atoms in total. The van der Waals surface area contributed by atoms with Gasteiger partial charge >= 0.3 is 0 Å². The standard InChI is InChI=1S/C13H18BrNO3S/c1-2-19(16,17)11-3-4-13(12(14)7-11)15-8-10-5-6-18-9-10/h3-4,7,10,15H,2,5-6,8-9H2,1H3. The Kier molecular flexibility index (Phi) is 4.86. The Morgan fingerprint density at radius 2 is 2.26 bits per heavy atom. The maximum atomic E-state index is 11.8. The summed E-state index contributed by atoms with van der Waals surface area (Å²) in [5.74, 6) is 0.650. The zero-order valence-corrected chi connectivity index (χ0v) is 13.3. The van der Waals surface area contributed by atoms with Gasteiger partial charge in [0.05, 0.1) is 17.3 Å². The molecule has 106 valence electrons. The molecule has 6 heteroatoms. The molecular formula is C13H18BrNO3S. The van der Waals surface area contributed by atoms with Crippen LogP contribution in [0.25, 0.3) is 0 Å². The first-order chi connectivity index (χ1) is 9.03. The van der Waals surface area contributed by atoms with Crippen LogP contribution in [0.2, 0.25) is 0 Å². The SMILES string of the molecule is CCS(=O)(=O)c1ccc(NCC2CCOC2)c(Br)c1. The average molecular weight is 348 g/mol. The van der Waals surface area contributed by atoms with Gasteiger partial charge in [0.15, 0.2) is 9.84 Å². The lowest BCUT2D eigenvalue weighted by Gasteiger charge is -2.13. The van der Waals surface area contributed by atoms with Crippen molar-refractivity contribution in [2.45, 2.75) is 18.2 Å². The van der Waals surface area contributed by atoms with E-state index in [2.05, 4.69) is 21.2 Å². The molecule has 0 radical (unpaired) electrons. The van der Waals surface area contributed by atoms with Crippen LogP contribution in [-0.4, -0.2) is 33.9 Å². The van der Waals surface area contributed by atoms with E-state index in [0.29, 0.717) is 10.8 Å². The summed E-state index contributed by atoms with van der Waals surface area (Å²) in [6.07, 6.45) is 1.08. The zero-order valence-electron chi connectivity index (χ0n) is 10.9. The summed E-state index contributed by atoms with van der Waals surface area (Å²) in [4.78, 5) is 0.358. The average Bonchev–Trinajstić information content (AvgIpc) is 2.90. The van der Waals surface area contributed by atoms with Gasteiger partial charge in [-0.2, -0.15) is 0 Å². The monoisotopic (exact) mass is 347 g/mol. The fourth-order valence-electron chi connectivity index (χ4n) is 2.00. The van der Waals surface area contributed by atoms with Crippen LogP contribution in [0, 0.1) is 5.92 Å². The molecule has 1 aliphatic rings. The largest absolute Gasteiger partial charge is 0.384 e. The lowest BCUT2D eigenvalue weighted by Crippen LogP contribution is -2.14. The summed E-state index contributed by atoms with van der Waals surface area (Å²) in [5, 5.41) is 3.33. The van der Waals surface area contributed by atoms with Crippen LogP contribution in [0.5, 0.6) is 0 Å². The number of rotatable bonds is 5. The van der Waals surface area contributed by atoms with Crippen molar-refractivity contribution in [1.82, 2.24) is 0 Å². The third kappa shape index (κ3) is 3.70. The lowest BCUT2D eigenvalue weighted by molar-refractivity contribution is 0.187. The summed E-state index contributed by atoms with van der Waals surface area (Å²) in [6.45, 7) is 4.13. The van der Waals surface area contributed by atoms with E-state index in [-0.39, 0.29) is 5.75 Å². The number of benzene rings is 1. The van der Waals surface area contributed by atoms with Crippen LogP contribution >= 0.6 is 15.9 Å². The van der Waals surface area contributed by atoms with E-state index in [1.54, 1.807) is 19.1 Å². The third-order valence-corrected chi connectivity index (χ3v) is 5.67. The lowest BCUT2D eigenvalue weighted by atomic mass is 10.1.